The van der Waals surface area contributed by atoms with E-state index in [0.29, 0.717) is 11.4 Å². The van der Waals surface area contributed by atoms with Gasteiger partial charge in [0.1, 0.15) is 10.6 Å². The Bertz CT molecular complexity index is 1310. The second-order valence-electron chi connectivity index (χ2n) is 7.23. The number of carbonyl (C=O) groups is 1. The molecular weight excluding hydrogens is 440 g/mol. The third-order valence-electron chi connectivity index (χ3n) is 5.06. The highest BCUT2D eigenvalue weighted by atomic mass is 35.5. The van der Waals surface area contributed by atoms with E-state index in [4.69, 9.17) is 11.6 Å². The fourth-order valence-electron chi connectivity index (χ4n) is 3.28. The molecule has 2 aromatic carbocycles. The molecule has 0 N–H and O–H groups in total. The molecule has 1 aromatic heterocycles. The molecule has 0 saturated carbocycles. The fraction of sp³-hybridized carbons (Fsp3) is 0.238. The van der Waals surface area contributed by atoms with Crippen LogP contribution in [-0.2, 0) is 17.1 Å². The summed E-state index contributed by atoms with van der Waals surface area (Å²) in [5.41, 5.74) is 0.733. The van der Waals surface area contributed by atoms with Crippen LogP contribution in [0.4, 0.5) is 5.69 Å². The third kappa shape index (κ3) is 3.86. The van der Waals surface area contributed by atoms with Crippen LogP contribution in [-0.4, -0.2) is 49.7 Å². The summed E-state index contributed by atoms with van der Waals surface area (Å²) in [6.07, 6.45) is 0. The maximum Gasteiger partial charge on any atom is 0.296 e. The Balaban J connectivity index is 2.16. The van der Waals surface area contributed by atoms with E-state index < -0.39 is 15.6 Å². The minimum atomic E-state index is -4.23. The Labute approximate surface area is 185 Å². The minimum Gasteiger partial charge on any atom is -0.345 e. The number of nitrogens with zero attached hydrogens (tertiary/aromatic N) is 4. The lowest BCUT2D eigenvalue weighted by molar-refractivity contribution is 0.0827. The topological polar surface area (TPSA) is 84.6 Å². The molecule has 3 aromatic rings. The Kier molecular flexibility index (Phi) is 6.02. The van der Waals surface area contributed by atoms with Gasteiger partial charge in [-0.15, -0.1) is 0 Å². The summed E-state index contributed by atoms with van der Waals surface area (Å²) in [5.74, 6) is -0.363. The predicted molar refractivity (Wildman–Crippen MR) is 121 cm³/mol. The van der Waals surface area contributed by atoms with Gasteiger partial charge >= 0.3 is 0 Å². The van der Waals surface area contributed by atoms with Crippen LogP contribution < -0.4 is 9.86 Å². The van der Waals surface area contributed by atoms with Crippen molar-refractivity contribution in [1.82, 2.24) is 14.3 Å². The van der Waals surface area contributed by atoms with Crippen molar-refractivity contribution < 1.29 is 13.2 Å². The predicted octanol–water partition coefficient (Wildman–Crippen LogP) is 2.66. The molecule has 0 atom stereocenters. The van der Waals surface area contributed by atoms with Crippen LogP contribution in [0.15, 0.2) is 58.2 Å². The monoisotopic (exact) mass is 462 g/mol. The molecule has 1 heterocycles. The number of para-hydroxylation sites is 1. The highest BCUT2D eigenvalue weighted by Gasteiger charge is 2.31. The average Bonchev–Trinajstić information content (AvgIpc) is 2.95. The number of anilines is 1. The second kappa shape index (κ2) is 8.24. The molecule has 10 heteroatoms. The lowest BCUT2D eigenvalue weighted by Crippen LogP contribution is -2.32. The van der Waals surface area contributed by atoms with Crippen LogP contribution >= 0.6 is 11.6 Å². The molecule has 0 radical (unpaired) electrons. The molecule has 164 valence electrons. The summed E-state index contributed by atoms with van der Waals surface area (Å²) in [6, 6.07) is 13.0. The standard InChI is InChI=1S/C21H23ClN4O4S/c1-14-19(21(28)26(24(14)4)16-9-7-6-8-10-16)25(5)31(29,30)18-13-15(11-12-17(18)22)20(27)23(2)3/h6-13H,1-5H3. The van der Waals surface area contributed by atoms with E-state index in [-0.39, 0.29) is 27.1 Å². The quantitative estimate of drug-likeness (QED) is 0.583. The van der Waals surface area contributed by atoms with Crippen molar-refractivity contribution in [2.75, 3.05) is 25.4 Å². The maximum absolute atomic E-state index is 13.4. The number of aromatic nitrogens is 2. The number of benzene rings is 2. The summed E-state index contributed by atoms with van der Waals surface area (Å²) >= 11 is 6.19. The van der Waals surface area contributed by atoms with E-state index >= 15 is 0 Å². The first-order valence-electron chi connectivity index (χ1n) is 9.32. The number of amides is 1. The SMILES string of the molecule is Cc1c(N(C)S(=O)(=O)c2cc(C(=O)N(C)C)ccc2Cl)c(=O)n(-c2ccccc2)n1C. The Morgan fingerprint density at radius 3 is 2.23 bits per heavy atom. The van der Waals surface area contributed by atoms with Gasteiger partial charge in [0, 0.05) is 33.8 Å². The Morgan fingerprint density at radius 1 is 1.03 bits per heavy atom. The number of sulfonamides is 1. The van der Waals surface area contributed by atoms with Gasteiger partial charge in [0.2, 0.25) is 0 Å². The van der Waals surface area contributed by atoms with E-state index in [1.54, 1.807) is 57.0 Å². The molecule has 1 amide bonds. The summed E-state index contributed by atoms with van der Waals surface area (Å²) in [6.45, 7) is 1.66. The van der Waals surface area contributed by atoms with Gasteiger partial charge in [0.05, 0.1) is 16.4 Å². The van der Waals surface area contributed by atoms with Gasteiger partial charge in [-0.3, -0.25) is 18.6 Å². The number of hydrogen-bond acceptors (Lipinski definition) is 4. The molecule has 31 heavy (non-hydrogen) atoms. The van der Waals surface area contributed by atoms with E-state index in [1.165, 1.54) is 34.8 Å². The zero-order valence-electron chi connectivity index (χ0n) is 17.8. The molecule has 0 spiro atoms. The van der Waals surface area contributed by atoms with Crippen molar-refractivity contribution in [2.45, 2.75) is 11.8 Å². The first kappa shape index (κ1) is 22.6. The van der Waals surface area contributed by atoms with Crippen LogP contribution in [0.3, 0.4) is 0 Å². The highest BCUT2D eigenvalue weighted by Crippen LogP contribution is 2.29. The van der Waals surface area contributed by atoms with Crippen molar-refractivity contribution in [1.29, 1.82) is 0 Å². The van der Waals surface area contributed by atoms with Gasteiger partial charge in [-0.2, -0.15) is 0 Å². The van der Waals surface area contributed by atoms with Crippen molar-refractivity contribution in [3.05, 3.63) is 75.2 Å². The molecule has 0 aliphatic heterocycles. The Morgan fingerprint density at radius 2 is 1.65 bits per heavy atom. The molecule has 0 aliphatic rings. The molecule has 0 bridgehead atoms. The van der Waals surface area contributed by atoms with E-state index in [1.807, 2.05) is 6.07 Å². The Hall–Kier alpha value is -3.04. The number of carbonyl (C=O) groups excluding carboxylic acids is 1. The normalized spacial score (nSPS) is 11.4. The average molecular weight is 463 g/mol. The van der Waals surface area contributed by atoms with Crippen LogP contribution in [0.5, 0.6) is 0 Å². The number of hydrogen-bond donors (Lipinski definition) is 0. The van der Waals surface area contributed by atoms with Crippen LogP contribution in [0.2, 0.25) is 5.02 Å². The van der Waals surface area contributed by atoms with Crippen LogP contribution in [0.1, 0.15) is 16.1 Å². The maximum atomic E-state index is 13.4. The first-order chi connectivity index (χ1) is 14.5. The first-order valence-corrected chi connectivity index (χ1v) is 11.1. The van der Waals surface area contributed by atoms with E-state index in [9.17, 15) is 18.0 Å². The molecule has 0 fully saturated rings. The van der Waals surface area contributed by atoms with Crippen molar-refractivity contribution in [3.63, 3.8) is 0 Å². The molecule has 0 saturated heterocycles. The largest absolute Gasteiger partial charge is 0.345 e. The van der Waals surface area contributed by atoms with Crippen molar-refractivity contribution in [2.24, 2.45) is 7.05 Å². The molecular formula is C21H23ClN4O4S. The molecule has 0 aliphatic carbocycles. The summed E-state index contributed by atoms with van der Waals surface area (Å²) in [7, 11) is 1.88. The minimum absolute atomic E-state index is 0.00763. The summed E-state index contributed by atoms with van der Waals surface area (Å²) in [5, 5.41) is -0.0425. The third-order valence-corrected chi connectivity index (χ3v) is 7.30. The lowest BCUT2D eigenvalue weighted by atomic mass is 10.2. The van der Waals surface area contributed by atoms with Crippen LogP contribution in [0, 0.1) is 6.92 Å². The zero-order chi connectivity index (χ0) is 23.1. The smallest absolute Gasteiger partial charge is 0.296 e. The van der Waals surface area contributed by atoms with Crippen LogP contribution in [0.25, 0.3) is 5.69 Å². The highest BCUT2D eigenvalue weighted by molar-refractivity contribution is 7.93. The number of halogens is 1. The summed E-state index contributed by atoms with van der Waals surface area (Å²) in [4.78, 5) is 26.6. The van der Waals surface area contributed by atoms with E-state index in [2.05, 4.69) is 0 Å². The fourth-order valence-corrected chi connectivity index (χ4v) is 5.02. The van der Waals surface area contributed by atoms with Gasteiger partial charge in [0.25, 0.3) is 21.5 Å². The number of rotatable bonds is 5. The zero-order valence-corrected chi connectivity index (χ0v) is 19.4. The van der Waals surface area contributed by atoms with Gasteiger partial charge in [0.15, 0.2) is 0 Å². The van der Waals surface area contributed by atoms with Gasteiger partial charge in [-0.05, 0) is 37.3 Å². The second-order valence-corrected chi connectivity index (χ2v) is 9.57. The van der Waals surface area contributed by atoms with Gasteiger partial charge in [-0.25, -0.2) is 13.1 Å². The summed E-state index contributed by atoms with van der Waals surface area (Å²) < 4.78 is 30.7. The lowest BCUT2D eigenvalue weighted by Gasteiger charge is -2.20. The molecule has 3 rings (SSSR count). The van der Waals surface area contributed by atoms with Gasteiger partial charge < -0.3 is 4.90 Å². The molecule has 8 nitrogen and oxygen atoms in total. The van der Waals surface area contributed by atoms with Gasteiger partial charge in [-0.1, -0.05) is 29.8 Å². The van der Waals surface area contributed by atoms with E-state index in [0.717, 1.165) is 4.31 Å². The van der Waals surface area contributed by atoms with Crippen molar-refractivity contribution in [3.8, 4) is 5.69 Å². The molecule has 0 unspecified atom stereocenters. The van der Waals surface area contributed by atoms with Crippen molar-refractivity contribution >= 4 is 33.2 Å².